The molecule has 0 amide bonds. The molecule has 0 unspecified atom stereocenters. The van der Waals surface area contributed by atoms with Crippen molar-refractivity contribution in [3.8, 4) is 11.1 Å². The summed E-state index contributed by atoms with van der Waals surface area (Å²) in [5.74, 6) is 2.01. The van der Waals surface area contributed by atoms with Gasteiger partial charge in [0.05, 0.1) is 11.4 Å². The third-order valence-electron chi connectivity index (χ3n) is 3.99. The fraction of sp³-hybridized carbons (Fsp3) is 0.278. The Hall–Kier alpha value is -2.05. The van der Waals surface area contributed by atoms with E-state index in [0.29, 0.717) is 21.7 Å². The molecule has 25 heavy (non-hydrogen) atoms. The van der Waals surface area contributed by atoms with Gasteiger partial charge < -0.3 is 10.3 Å². The molecule has 3 rings (SSSR count). The predicted octanol–water partition coefficient (Wildman–Crippen LogP) is 4.84. The maximum absolute atomic E-state index is 6.25. The van der Waals surface area contributed by atoms with E-state index in [-0.39, 0.29) is 0 Å². The number of aryl methyl sites for hydroxylation is 3. The average Bonchev–Trinajstić information content (AvgIpc) is 2.92. The van der Waals surface area contributed by atoms with E-state index in [2.05, 4.69) is 17.1 Å². The molecule has 0 saturated heterocycles. The molecule has 7 heteroatoms. The maximum Gasteiger partial charge on any atom is 0.190 e. The normalized spacial score (nSPS) is 11.0. The second-order valence-electron chi connectivity index (χ2n) is 5.66. The number of nitrogens with zero attached hydrogens (tertiary/aromatic N) is 3. The number of hydrogen-bond donors (Lipinski definition) is 1. The minimum absolute atomic E-state index is 0.482. The second kappa shape index (κ2) is 7.45. The van der Waals surface area contributed by atoms with Gasteiger partial charge in [0.25, 0.3) is 0 Å². The Bertz CT molecular complexity index is 873. The van der Waals surface area contributed by atoms with Crippen LogP contribution in [0.15, 0.2) is 33.9 Å². The number of nitrogens with two attached hydrogens (primary N) is 1. The van der Waals surface area contributed by atoms with Gasteiger partial charge in [-0.25, -0.2) is 9.97 Å². The SMILES string of the molecule is CCc1nc(SCc2c(C)noc2C)nc(N)c1-c1ccc(Cl)cc1. The van der Waals surface area contributed by atoms with Crippen LogP contribution in [0.25, 0.3) is 11.1 Å². The molecule has 5 nitrogen and oxygen atoms in total. The molecule has 1 aromatic carbocycles. The zero-order valence-electron chi connectivity index (χ0n) is 14.3. The van der Waals surface area contributed by atoms with Gasteiger partial charge in [-0.3, -0.25) is 0 Å². The van der Waals surface area contributed by atoms with Crippen LogP contribution in [-0.2, 0) is 12.2 Å². The van der Waals surface area contributed by atoms with E-state index in [1.165, 1.54) is 11.8 Å². The van der Waals surface area contributed by atoms with E-state index < -0.39 is 0 Å². The van der Waals surface area contributed by atoms with Gasteiger partial charge in [-0.1, -0.05) is 47.6 Å². The van der Waals surface area contributed by atoms with E-state index in [1.54, 1.807) is 0 Å². The van der Waals surface area contributed by atoms with Crippen LogP contribution in [0.2, 0.25) is 5.02 Å². The lowest BCUT2D eigenvalue weighted by Crippen LogP contribution is -2.04. The highest BCUT2D eigenvalue weighted by molar-refractivity contribution is 7.98. The van der Waals surface area contributed by atoms with E-state index in [9.17, 15) is 0 Å². The molecule has 0 atom stereocenters. The molecule has 2 aromatic heterocycles. The summed E-state index contributed by atoms with van der Waals surface area (Å²) in [4.78, 5) is 9.18. The summed E-state index contributed by atoms with van der Waals surface area (Å²) in [5, 5.41) is 5.32. The van der Waals surface area contributed by atoms with Crippen LogP contribution >= 0.6 is 23.4 Å². The molecule has 0 aliphatic rings. The van der Waals surface area contributed by atoms with Crippen molar-refractivity contribution in [1.82, 2.24) is 15.1 Å². The van der Waals surface area contributed by atoms with Crippen molar-refractivity contribution in [1.29, 1.82) is 0 Å². The number of thioether (sulfide) groups is 1. The first-order chi connectivity index (χ1) is 12.0. The molecule has 0 fully saturated rings. The highest BCUT2D eigenvalue weighted by Crippen LogP contribution is 2.32. The lowest BCUT2D eigenvalue weighted by atomic mass is 10.0. The summed E-state index contributed by atoms with van der Waals surface area (Å²) < 4.78 is 5.20. The predicted molar refractivity (Wildman–Crippen MR) is 102 cm³/mol. The number of nitrogen functional groups attached to an aromatic ring is 1. The number of halogens is 1. The molecule has 0 saturated carbocycles. The summed E-state index contributed by atoms with van der Waals surface area (Å²) in [5.41, 5.74) is 11.0. The van der Waals surface area contributed by atoms with Crippen molar-refractivity contribution >= 4 is 29.2 Å². The summed E-state index contributed by atoms with van der Waals surface area (Å²) in [6, 6.07) is 7.56. The minimum atomic E-state index is 0.482. The highest BCUT2D eigenvalue weighted by atomic mass is 35.5. The lowest BCUT2D eigenvalue weighted by Gasteiger charge is -2.12. The van der Waals surface area contributed by atoms with Gasteiger partial charge in [0.15, 0.2) is 5.16 Å². The van der Waals surface area contributed by atoms with Crippen molar-refractivity contribution in [3.63, 3.8) is 0 Å². The molecule has 2 heterocycles. The van der Waals surface area contributed by atoms with Crippen LogP contribution in [0.5, 0.6) is 0 Å². The number of hydrogen-bond acceptors (Lipinski definition) is 6. The number of anilines is 1. The quantitative estimate of drug-likeness (QED) is 0.508. The number of benzene rings is 1. The monoisotopic (exact) mass is 374 g/mol. The van der Waals surface area contributed by atoms with Crippen molar-refractivity contribution in [2.75, 3.05) is 5.73 Å². The Morgan fingerprint density at radius 3 is 2.48 bits per heavy atom. The van der Waals surface area contributed by atoms with Gasteiger partial charge in [0.2, 0.25) is 0 Å². The van der Waals surface area contributed by atoms with Crippen LogP contribution in [-0.4, -0.2) is 15.1 Å². The Morgan fingerprint density at radius 2 is 1.88 bits per heavy atom. The highest BCUT2D eigenvalue weighted by Gasteiger charge is 2.15. The smallest absolute Gasteiger partial charge is 0.190 e. The zero-order chi connectivity index (χ0) is 18.0. The van der Waals surface area contributed by atoms with Crippen molar-refractivity contribution in [2.45, 2.75) is 38.1 Å². The van der Waals surface area contributed by atoms with Gasteiger partial charge in [0.1, 0.15) is 11.6 Å². The van der Waals surface area contributed by atoms with Crippen LogP contribution in [0.3, 0.4) is 0 Å². The fourth-order valence-electron chi connectivity index (χ4n) is 2.60. The van der Waals surface area contributed by atoms with Gasteiger partial charge in [-0.15, -0.1) is 0 Å². The van der Waals surface area contributed by atoms with Gasteiger partial charge in [0, 0.05) is 21.9 Å². The van der Waals surface area contributed by atoms with E-state index in [1.807, 2.05) is 38.1 Å². The minimum Gasteiger partial charge on any atom is -0.383 e. The molecule has 130 valence electrons. The van der Waals surface area contributed by atoms with E-state index >= 15 is 0 Å². The summed E-state index contributed by atoms with van der Waals surface area (Å²) in [6.45, 7) is 5.90. The standard InChI is InChI=1S/C18H19ClN4OS/c1-4-15-16(12-5-7-13(19)8-6-12)17(20)22-18(21-15)25-9-14-10(2)23-24-11(14)3/h5-8H,4,9H2,1-3H3,(H2,20,21,22). The van der Waals surface area contributed by atoms with Crippen molar-refractivity contribution in [2.24, 2.45) is 0 Å². The molecule has 3 aromatic rings. The Kier molecular flexibility index (Phi) is 5.30. The van der Waals surface area contributed by atoms with Crippen LogP contribution in [0, 0.1) is 13.8 Å². The number of aromatic nitrogens is 3. The lowest BCUT2D eigenvalue weighted by molar-refractivity contribution is 0.392. The van der Waals surface area contributed by atoms with Crippen molar-refractivity contribution in [3.05, 3.63) is 52.0 Å². The first-order valence-corrected chi connectivity index (χ1v) is 9.32. The summed E-state index contributed by atoms with van der Waals surface area (Å²) >= 11 is 7.51. The van der Waals surface area contributed by atoms with Gasteiger partial charge in [-0.05, 0) is 38.0 Å². The summed E-state index contributed by atoms with van der Waals surface area (Å²) in [6.07, 6.45) is 0.767. The van der Waals surface area contributed by atoms with Crippen LogP contribution in [0.4, 0.5) is 5.82 Å². The molecule has 0 bridgehead atoms. The molecule has 0 aliphatic heterocycles. The van der Waals surface area contributed by atoms with E-state index in [4.69, 9.17) is 26.8 Å². The average molecular weight is 375 g/mol. The van der Waals surface area contributed by atoms with Gasteiger partial charge in [-0.2, -0.15) is 0 Å². The fourth-order valence-corrected chi connectivity index (χ4v) is 3.75. The number of rotatable bonds is 5. The molecule has 0 aliphatic carbocycles. The third-order valence-corrected chi connectivity index (χ3v) is 5.11. The van der Waals surface area contributed by atoms with Crippen LogP contribution in [0.1, 0.15) is 29.6 Å². The largest absolute Gasteiger partial charge is 0.383 e. The summed E-state index contributed by atoms with van der Waals surface area (Å²) in [7, 11) is 0. The topological polar surface area (TPSA) is 77.8 Å². The molecule has 2 N–H and O–H groups in total. The zero-order valence-corrected chi connectivity index (χ0v) is 15.9. The second-order valence-corrected chi connectivity index (χ2v) is 7.04. The van der Waals surface area contributed by atoms with E-state index in [0.717, 1.165) is 40.3 Å². The molecular formula is C18H19ClN4OS. The van der Waals surface area contributed by atoms with Crippen molar-refractivity contribution < 1.29 is 4.52 Å². The maximum atomic E-state index is 6.25. The Morgan fingerprint density at radius 1 is 1.16 bits per heavy atom. The molecule has 0 radical (unpaired) electrons. The first kappa shape index (κ1) is 17.8. The first-order valence-electron chi connectivity index (χ1n) is 7.96. The van der Waals surface area contributed by atoms with Gasteiger partial charge >= 0.3 is 0 Å². The molecule has 0 spiro atoms. The Balaban J connectivity index is 1.90. The van der Waals surface area contributed by atoms with Crippen LogP contribution < -0.4 is 5.73 Å². The molecular weight excluding hydrogens is 356 g/mol. The Labute approximate surface area is 156 Å². The third kappa shape index (κ3) is 3.80.